The molecule has 1 aromatic heterocycles. The van der Waals surface area contributed by atoms with Gasteiger partial charge in [0, 0.05) is 48.0 Å². The predicted octanol–water partition coefficient (Wildman–Crippen LogP) is 4.11. The number of fused-ring (bicyclic) bond motifs is 1. The first-order valence-corrected chi connectivity index (χ1v) is 9.91. The van der Waals surface area contributed by atoms with Crippen LogP contribution in [0, 0.1) is 5.82 Å². The molecule has 0 bridgehead atoms. The molecular weight excluding hydrogens is 385 g/mol. The minimum absolute atomic E-state index is 0.0146. The molecule has 4 rings (SSSR count). The van der Waals surface area contributed by atoms with Gasteiger partial charge in [-0.25, -0.2) is 4.39 Å². The smallest absolute Gasteiger partial charge is 0.253 e. The van der Waals surface area contributed by atoms with E-state index in [0.717, 1.165) is 23.9 Å². The van der Waals surface area contributed by atoms with E-state index >= 15 is 0 Å². The molecule has 2 heterocycles. The van der Waals surface area contributed by atoms with E-state index in [9.17, 15) is 9.18 Å². The summed E-state index contributed by atoms with van der Waals surface area (Å²) in [5, 5.41) is 4.43. The molecule has 0 spiro atoms. The lowest BCUT2D eigenvalue weighted by atomic mass is 10.0. The van der Waals surface area contributed by atoms with E-state index < -0.39 is 0 Å². The lowest BCUT2D eigenvalue weighted by molar-refractivity contribution is 0.0718. The molecule has 156 valence electrons. The predicted molar refractivity (Wildman–Crippen MR) is 114 cm³/mol. The van der Waals surface area contributed by atoms with Gasteiger partial charge in [-0.1, -0.05) is 0 Å². The second kappa shape index (κ2) is 8.57. The Balaban J connectivity index is 1.41. The molecule has 0 atom stereocenters. The van der Waals surface area contributed by atoms with Crippen molar-refractivity contribution >= 4 is 22.5 Å². The Hall–Kier alpha value is -3.35. The maximum absolute atomic E-state index is 13.5. The van der Waals surface area contributed by atoms with Crippen molar-refractivity contribution in [2.24, 2.45) is 0 Å². The number of hydrogen-bond acceptors (Lipinski definition) is 5. The highest BCUT2D eigenvalue weighted by Gasteiger charge is 2.24. The Morgan fingerprint density at radius 1 is 1.07 bits per heavy atom. The fourth-order valence-electron chi connectivity index (χ4n) is 3.85. The molecule has 0 radical (unpaired) electrons. The Kier molecular flexibility index (Phi) is 5.70. The van der Waals surface area contributed by atoms with Gasteiger partial charge < -0.3 is 19.7 Å². The summed E-state index contributed by atoms with van der Waals surface area (Å²) in [7, 11) is 3.13. The van der Waals surface area contributed by atoms with Gasteiger partial charge in [0.05, 0.1) is 19.7 Å². The molecule has 1 aliphatic heterocycles. The molecule has 2 aromatic carbocycles. The molecule has 0 saturated carbocycles. The molecular formula is C23H24FN3O3. The van der Waals surface area contributed by atoms with Gasteiger partial charge in [0.1, 0.15) is 5.82 Å². The summed E-state index contributed by atoms with van der Waals surface area (Å²) >= 11 is 0. The number of anilines is 1. The van der Waals surface area contributed by atoms with Gasteiger partial charge in [-0.05, 0) is 49.2 Å². The number of aromatic nitrogens is 1. The van der Waals surface area contributed by atoms with E-state index in [1.165, 1.54) is 12.1 Å². The number of carbonyl (C=O) groups is 1. The number of nitrogens with one attached hydrogen (secondary N) is 1. The highest BCUT2D eigenvalue weighted by molar-refractivity contribution is 5.95. The SMILES string of the molecule is COc1ccc(C(=O)N2CCC(Nc3ccnc4cc(F)ccc34)CC2)cc1OC. The van der Waals surface area contributed by atoms with Crippen LogP contribution < -0.4 is 14.8 Å². The van der Waals surface area contributed by atoms with Crippen molar-refractivity contribution in [2.45, 2.75) is 18.9 Å². The summed E-state index contributed by atoms with van der Waals surface area (Å²) < 4.78 is 24.0. The molecule has 3 aromatic rings. The molecule has 7 heteroatoms. The lowest BCUT2D eigenvalue weighted by Gasteiger charge is -2.33. The molecule has 0 aliphatic carbocycles. The molecule has 1 aliphatic rings. The van der Waals surface area contributed by atoms with Gasteiger partial charge in [0.2, 0.25) is 0 Å². The van der Waals surface area contributed by atoms with Crippen molar-refractivity contribution in [2.75, 3.05) is 32.6 Å². The van der Waals surface area contributed by atoms with E-state index in [0.29, 0.717) is 35.7 Å². The first kappa shape index (κ1) is 19.9. The topological polar surface area (TPSA) is 63.7 Å². The summed E-state index contributed by atoms with van der Waals surface area (Å²) in [6, 6.07) is 12.0. The maximum Gasteiger partial charge on any atom is 0.253 e. The number of carbonyl (C=O) groups excluding carboxylic acids is 1. The van der Waals surface area contributed by atoms with E-state index in [1.807, 2.05) is 11.0 Å². The van der Waals surface area contributed by atoms with Crippen molar-refractivity contribution in [3.8, 4) is 11.5 Å². The largest absolute Gasteiger partial charge is 0.493 e. The third kappa shape index (κ3) is 4.01. The van der Waals surface area contributed by atoms with Crippen molar-refractivity contribution in [3.05, 3.63) is 60.0 Å². The van der Waals surface area contributed by atoms with Gasteiger partial charge in [0.25, 0.3) is 5.91 Å². The molecule has 6 nitrogen and oxygen atoms in total. The third-order valence-electron chi connectivity index (χ3n) is 5.48. The summed E-state index contributed by atoms with van der Waals surface area (Å²) in [6.07, 6.45) is 3.33. The Morgan fingerprint density at radius 2 is 1.83 bits per heavy atom. The first-order valence-electron chi connectivity index (χ1n) is 9.91. The van der Waals surface area contributed by atoms with Crippen LogP contribution >= 0.6 is 0 Å². The minimum atomic E-state index is -0.297. The summed E-state index contributed by atoms with van der Waals surface area (Å²) in [5.74, 6) is 0.829. The number of methoxy groups -OCH3 is 2. The highest BCUT2D eigenvalue weighted by atomic mass is 19.1. The van der Waals surface area contributed by atoms with Crippen LogP contribution in [0.2, 0.25) is 0 Å². The lowest BCUT2D eigenvalue weighted by Crippen LogP contribution is -2.42. The highest BCUT2D eigenvalue weighted by Crippen LogP contribution is 2.29. The maximum atomic E-state index is 13.5. The standard InChI is InChI=1S/C23H24FN3O3/c1-29-21-6-3-15(13-22(21)30-2)23(28)27-11-8-17(9-12-27)26-19-7-10-25-20-14-16(24)4-5-18(19)20/h3-7,10,13-14,17H,8-9,11-12H2,1-2H3,(H,25,26). The zero-order valence-corrected chi connectivity index (χ0v) is 17.0. The average molecular weight is 409 g/mol. The van der Waals surface area contributed by atoms with E-state index in [2.05, 4.69) is 10.3 Å². The van der Waals surface area contributed by atoms with Gasteiger partial charge >= 0.3 is 0 Å². The fraction of sp³-hybridized carbons (Fsp3) is 0.304. The number of benzene rings is 2. The zero-order valence-electron chi connectivity index (χ0n) is 17.0. The van der Waals surface area contributed by atoms with Crippen LogP contribution in [0.15, 0.2) is 48.7 Å². The minimum Gasteiger partial charge on any atom is -0.493 e. The van der Waals surface area contributed by atoms with Crippen LogP contribution in [0.4, 0.5) is 10.1 Å². The van der Waals surface area contributed by atoms with E-state index in [-0.39, 0.29) is 17.8 Å². The Bertz CT molecular complexity index is 1060. The summed E-state index contributed by atoms with van der Waals surface area (Å²) in [5.41, 5.74) is 2.15. The Morgan fingerprint density at radius 3 is 2.57 bits per heavy atom. The van der Waals surface area contributed by atoms with Crippen LogP contribution in [0.25, 0.3) is 10.9 Å². The molecule has 30 heavy (non-hydrogen) atoms. The second-order valence-electron chi connectivity index (χ2n) is 7.30. The number of likely N-dealkylation sites (tertiary alicyclic amines) is 1. The molecule has 1 amide bonds. The van der Waals surface area contributed by atoms with Gasteiger partial charge in [-0.15, -0.1) is 0 Å². The summed E-state index contributed by atoms with van der Waals surface area (Å²) in [4.78, 5) is 19.0. The fourth-order valence-corrected chi connectivity index (χ4v) is 3.85. The van der Waals surface area contributed by atoms with E-state index in [4.69, 9.17) is 9.47 Å². The monoisotopic (exact) mass is 409 g/mol. The van der Waals surface area contributed by atoms with Crippen LogP contribution in [-0.2, 0) is 0 Å². The van der Waals surface area contributed by atoms with Crippen LogP contribution in [0.3, 0.4) is 0 Å². The first-order chi connectivity index (χ1) is 14.6. The molecule has 1 saturated heterocycles. The van der Waals surface area contributed by atoms with Crippen LogP contribution in [0.5, 0.6) is 11.5 Å². The van der Waals surface area contributed by atoms with E-state index in [1.54, 1.807) is 44.7 Å². The van der Waals surface area contributed by atoms with Gasteiger partial charge in [-0.2, -0.15) is 0 Å². The second-order valence-corrected chi connectivity index (χ2v) is 7.30. The average Bonchev–Trinajstić information content (AvgIpc) is 2.78. The van der Waals surface area contributed by atoms with Crippen LogP contribution in [0.1, 0.15) is 23.2 Å². The number of amides is 1. The van der Waals surface area contributed by atoms with Crippen molar-refractivity contribution in [1.29, 1.82) is 0 Å². The normalized spacial score (nSPS) is 14.6. The number of ether oxygens (including phenoxy) is 2. The molecule has 1 fully saturated rings. The van der Waals surface area contributed by atoms with Crippen molar-refractivity contribution in [1.82, 2.24) is 9.88 Å². The number of hydrogen-bond donors (Lipinski definition) is 1. The summed E-state index contributed by atoms with van der Waals surface area (Å²) in [6.45, 7) is 1.31. The van der Waals surface area contributed by atoms with Crippen LogP contribution in [-0.4, -0.2) is 49.1 Å². The van der Waals surface area contributed by atoms with Crippen molar-refractivity contribution in [3.63, 3.8) is 0 Å². The quantitative estimate of drug-likeness (QED) is 0.687. The molecule has 1 N–H and O–H groups in total. The van der Waals surface area contributed by atoms with Crippen molar-refractivity contribution < 1.29 is 18.7 Å². The van der Waals surface area contributed by atoms with Gasteiger partial charge in [-0.3, -0.25) is 9.78 Å². The number of piperidine rings is 1. The number of halogens is 1. The number of nitrogens with zero attached hydrogens (tertiary/aromatic N) is 2. The third-order valence-corrected chi connectivity index (χ3v) is 5.48. The molecule has 0 unspecified atom stereocenters. The zero-order chi connectivity index (χ0) is 21.1. The number of rotatable bonds is 5. The number of pyridine rings is 1. The van der Waals surface area contributed by atoms with Gasteiger partial charge in [0.15, 0.2) is 11.5 Å². The Labute approximate surface area is 174 Å².